The predicted octanol–water partition coefficient (Wildman–Crippen LogP) is 3.89. The number of thiophene rings is 1. The fourth-order valence-corrected chi connectivity index (χ4v) is 5.33. The predicted molar refractivity (Wildman–Crippen MR) is 122 cm³/mol. The molecule has 2 N–H and O–H groups in total. The molecule has 0 atom stereocenters. The van der Waals surface area contributed by atoms with Gasteiger partial charge < -0.3 is 15.5 Å². The summed E-state index contributed by atoms with van der Waals surface area (Å²) >= 11 is 1.75. The minimum Gasteiger partial charge on any atom is -0.355 e. The Labute approximate surface area is 187 Å². The highest BCUT2D eigenvalue weighted by molar-refractivity contribution is 7.10. The Morgan fingerprint density at radius 1 is 1.16 bits per heavy atom. The van der Waals surface area contributed by atoms with E-state index in [4.69, 9.17) is 0 Å². The topological polar surface area (TPSA) is 78.5 Å². The zero-order valence-corrected chi connectivity index (χ0v) is 18.7. The number of hydrogen-bond donors (Lipinski definition) is 2. The molecular weight excluding hydrogens is 410 g/mol. The highest BCUT2D eigenvalue weighted by Gasteiger charge is 2.25. The number of fused-ring (bicyclic) bond motifs is 1. The van der Waals surface area contributed by atoms with Crippen molar-refractivity contribution >= 4 is 34.7 Å². The number of nitrogens with zero attached hydrogens (tertiary/aromatic N) is 1. The highest BCUT2D eigenvalue weighted by Crippen LogP contribution is 2.27. The van der Waals surface area contributed by atoms with Gasteiger partial charge in [0.2, 0.25) is 11.8 Å². The number of hydrogen-bond acceptors (Lipinski definition) is 4. The molecule has 1 aromatic carbocycles. The molecule has 4 rings (SSSR count). The van der Waals surface area contributed by atoms with E-state index in [0.29, 0.717) is 30.9 Å². The van der Waals surface area contributed by atoms with Gasteiger partial charge in [0.25, 0.3) is 5.91 Å². The summed E-state index contributed by atoms with van der Waals surface area (Å²) < 4.78 is 0. The molecule has 1 fully saturated rings. The van der Waals surface area contributed by atoms with Crippen LogP contribution in [0.4, 0.5) is 5.69 Å². The number of anilines is 1. The summed E-state index contributed by atoms with van der Waals surface area (Å²) in [7, 11) is 0. The van der Waals surface area contributed by atoms with E-state index in [1.165, 1.54) is 10.4 Å². The van der Waals surface area contributed by atoms with Gasteiger partial charge in [0.1, 0.15) is 0 Å². The smallest absolute Gasteiger partial charge is 0.254 e. The van der Waals surface area contributed by atoms with Gasteiger partial charge >= 0.3 is 0 Å². The van der Waals surface area contributed by atoms with Crippen molar-refractivity contribution < 1.29 is 14.4 Å². The Kier molecular flexibility index (Phi) is 6.70. The molecule has 31 heavy (non-hydrogen) atoms. The largest absolute Gasteiger partial charge is 0.355 e. The van der Waals surface area contributed by atoms with Gasteiger partial charge in [0.05, 0.1) is 0 Å². The van der Waals surface area contributed by atoms with Gasteiger partial charge in [-0.05, 0) is 60.9 Å². The molecule has 1 aliphatic heterocycles. The minimum absolute atomic E-state index is 0.00530. The molecule has 164 valence electrons. The maximum atomic E-state index is 13.1. The number of amides is 3. The maximum absolute atomic E-state index is 13.1. The van der Waals surface area contributed by atoms with E-state index in [1.54, 1.807) is 17.4 Å². The Morgan fingerprint density at radius 2 is 1.97 bits per heavy atom. The SMILES string of the molecule is Cc1c(NC(=O)CCNC(=O)C2CCCC2)cccc1C(=O)N1CCc2sccc2C1. The van der Waals surface area contributed by atoms with Gasteiger partial charge in [-0.15, -0.1) is 11.3 Å². The van der Waals surface area contributed by atoms with Crippen molar-refractivity contribution in [2.45, 2.75) is 52.0 Å². The average molecular weight is 440 g/mol. The van der Waals surface area contributed by atoms with Crippen LogP contribution in [0.5, 0.6) is 0 Å². The fraction of sp³-hybridized carbons (Fsp3) is 0.458. The quantitative estimate of drug-likeness (QED) is 0.717. The van der Waals surface area contributed by atoms with Crippen LogP contribution in [0.2, 0.25) is 0 Å². The molecule has 1 aromatic heterocycles. The van der Waals surface area contributed by atoms with Crippen LogP contribution in [-0.2, 0) is 22.6 Å². The second kappa shape index (κ2) is 9.64. The van der Waals surface area contributed by atoms with Gasteiger partial charge in [-0.2, -0.15) is 0 Å². The number of rotatable bonds is 6. The lowest BCUT2D eigenvalue weighted by molar-refractivity contribution is -0.124. The monoisotopic (exact) mass is 439 g/mol. The van der Waals surface area contributed by atoms with E-state index in [9.17, 15) is 14.4 Å². The first-order chi connectivity index (χ1) is 15.0. The number of carbonyl (C=O) groups excluding carboxylic acids is 3. The molecule has 2 aromatic rings. The molecule has 0 radical (unpaired) electrons. The Morgan fingerprint density at radius 3 is 2.77 bits per heavy atom. The lowest BCUT2D eigenvalue weighted by Crippen LogP contribution is -2.35. The average Bonchev–Trinajstić information content (AvgIpc) is 3.46. The lowest BCUT2D eigenvalue weighted by Gasteiger charge is -2.28. The Bertz CT molecular complexity index is 978. The van der Waals surface area contributed by atoms with Crippen molar-refractivity contribution in [2.24, 2.45) is 5.92 Å². The van der Waals surface area contributed by atoms with Gasteiger partial charge in [-0.25, -0.2) is 0 Å². The van der Waals surface area contributed by atoms with Crippen LogP contribution >= 0.6 is 11.3 Å². The van der Waals surface area contributed by atoms with Crippen molar-refractivity contribution in [2.75, 3.05) is 18.4 Å². The van der Waals surface area contributed by atoms with E-state index in [-0.39, 0.29) is 30.1 Å². The van der Waals surface area contributed by atoms with Crippen LogP contribution in [0.3, 0.4) is 0 Å². The Hall–Kier alpha value is -2.67. The van der Waals surface area contributed by atoms with E-state index in [1.807, 2.05) is 24.0 Å². The third-order valence-corrected chi connectivity index (χ3v) is 7.33. The fourth-order valence-electron chi connectivity index (χ4n) is 4.44. The molecule has 0 unspecified atom stereocenters. The molecule has 2 heterocycles. The molecule has 0 bridgehead atoms. The summed E-state index contributed by atoms with van der Waals surface area (Å²) in [5.41, 5.74) is 3.26. The zero-order chi connectivity index (χ0) is 21.8. The molecule has 7 heteroatoms. The minimum atomic E-state index is -0.166. The van der Waals surface area contributed by atoms with E-state index in [2.05, 4.69) is 22.1 Å². The highest BCUT2D eigenvalue weighted by atomic mass is 32.1. The summed E-state index contributed by atoms with van der Waals surface area (Å²) in [6.07, 6.45) is 5.22. The summed E-state index contributed by atoms with van der Waals surface area (Å²) in [4.78, 5) is 40.9. The zero-order valence-electron chi connectivity index (χ0n) is 17.9. The Balaban J connectivity index is 1.33. The van der Waals surface area contributed by atoms with Crippen molar-refractivity contribution in [3.8, 4) is 0 Å². The van der Waals surface area contributed by atoms with Crippen LogP contribution in [0.15, 0.2) is 29.6 Å². The van der Waals surface area contributed by atoms with Gasteiger partial charge in [-0.1, -0.05) is 18.9 Å². The van der Waals surface area contributed by atoms with Crippen LogP contribution in [0.1, 0.15) is 58.5 Å². The van der Waals surface area contributed by atoms with E-state index in [0.717, 1.165) is 37.7 Å². The summed E-state index contributed by atoms with van der Waals surface area (Å²) in [5.74, 6) is -0.00748. The second-order valence-electron chi connectivity index (χ2n) is 8.39. The first-order valence-electron chi connectivity index (χ1n) is 11.0. The molecular formula is C24H29N3O3S. The molecule has 0 saturated heterocycles. The standard InChI is InChI=1S/C24H29N3O3S/c1-16-19(24(30)27-13-10-21-18(15-27)11-14-31-21)7-4-8-20(16)26-22(28)9-12-25-23(29)17-5-2-3-6-17/h4,7-8,11,14,17H,2-3,5-6,9-10,12-13,15H2,1H3,(H,25,29)(H,26,28). The van der Waals surface area contributed by atoms with Crippen LogP contribution in [0.25, 0.3) is 0 Å². The maximum Gasteiger partial charge on any atom is 0.254 e. The molecule has 0 spiro atoms. The molecule has 3 amide bonds. The van der Waals surface area contributed by atoms with Gasteiger partial charge in [0.15, 0.2) is 0 Å². The summed E-state index contributed by atoms with van der Waals surface area (Å²) in [6.45, 7) is 3.54. The third-order valence-electron chi connectivity index (χ3n) is 6.31. The van der Waals surface area contributed by atoms with Gasteiger partial charge in [0, 0.05) is 48.1 Å². The van der Waals surface area contributed by atoms with Crippen molar-refractivity contribution in [1.29, 1.82) is 0 Å². The van der Waals surface area contributed by atoms with Crippen molar-refractivity contribution in [1.82, 2.24) is 10.2 Å². The number of nitrogens with one attached hydrogen (secondary N) is 2. The van der Waals surface area contributed by atoms with Crippen LogP contribution in [0, 0.1) is 12.8 Å². The molecule has 6 nitrogen and oxygen atoms in total. The molecule has 1 saturated carbocycles. The first kappa shape index (κ1) is 21.6. The van der Waals surface area contributed by atoms with Crippen LogP contribution in [-0.4, -0.2) is 35.7 Å². The normalized spacial score (nSPS) is 16.1. The van der Waals surface area contributed by atoms with Gasteiger partial charge in [-0.3, -0.25) is 14.4 Å². The van der Waals surface area contributed by atoms with Crippen LogP contribution < -0.4 is 10.6 Å². The second-order valence-corrected chi connectivity index (χ2v) is 9.40. The summed E-state index contributed by atoms with van der Waals surface area (Å²) in [6, 6.07) is 7.53. The molecule has 2 aliphatic rings. The third kappa shape index (κ3) is 4.98. The van der Waals surface area contributed by atoms with Crippen molar-refractivity contribution in [3.05, 3.63) is 51.2 Å². The first-order valence-corrected chi connectivity index (χ1v) is 11.9. The summed E-state index contributed by atoms with van der Waals surface area (Å²) in [5, 5.41) is 7.86. The number of benzene rings is 1. The van der Waals surface area contributed by atoms with E-state index >= 15 is 0 Å². The van der Waals surface area contributed by atoms with Crippen molar-refractivity contribution in [3.63, 3.8) is 0 Å². The lowest BCUT2D eigenvalue weighted by atomic mass is 10.0. The van der Waals surface area contributed by atoms with E-state index < -0.39 is 0 Å². The molecule has 1 aliphatic carbocycles. The number of carbonyl (C=O) groups is 3.